The second-order valence-electron chi connectivity index (χ2n) is 6.95. The Morgan fingerprint density at radius 1 is 1.10 bits per heavy atom. The van der Waals surface area contributed by atoms with E-state index in [4.69, 9.17) is 4.74 Å². The third kappa shape index (κ3) is 4.13. The molecule has 8 nitrogen and oxygen atoms in total. The number of amides is 1. The smallest absolute Gasteiger partial charge is 0.255 e. The highest BCUT2D eigenvalue weighted by molar-refractivity contribution is 7.89. The van der Waals surface area contributed by atoms with Crippen molar-refractivity contribution in [1.82, 2.24) is 14.1 Å². The lowest BCUT2D eigenvalue weighted by Crippen LogP contribution is -2.40. The van der Waals surface area contributed by atoms with Crippen molar-refractivity contribution >= 4 is 21.6 Å². The van der Waals surface area contributed by atoms with E-state index in [2.05, 4.69) is 10.4 Å². The fraction of sp³-hybridized carbons (Fsp3) is 0.238. The molecule has 1 N–H and O–H groups in total. The number of aryl methyl sites for hydroxylation is 1. The third-order valence-corrected chi connectivity index (χ3v) is 6.83. The van der Waals surface area contributed by atoms with Crippen LogP contribution in [0.15, 0.2) is 65.8 Å². The molecule has 156 valence electrons. The first-order valence-electron chi connectivity index (χ1n) is 9.55. The Labute approximate surface area is 175 Å². The number of carbonyl (C=O) groups excluding carboxylic acids is 1. The fourth-order valence-corrected chi connectivity index (χ4v) is 4.72. The van der Waals surface area contributed by atoms with Crippen molar-refractivity contribution in [2.24, 2.45) is 0 Å². The molecule has 1 fully saturated rings. The lowest BCUT2D eigenvalue weighted by atomic mass is 10.1. The van der Waals surface area contributed by atoms with Gasteiger partial charge in [0, 0.05) is 36.7 Å². The first kappa shape index (κ1) is 20.3. The summed E-state index contributed by atoms with van der Waals surface area (Å²) in [5.41, 5.74) is 2.40. The summed E-state index contributed by atoms with van der Waals surface area (Å²) >= 11 is 0. The minimum atomic E-state index is -3.68. The second kappa shape index (κ2) is 8.39. The molecule has 1 amide bonds. The number of nitrogens with one attached hydrogen (secondary N) is 1. The maximum Gasteiger partial charge on any atom is 0.255 e. The molecule has 0 unspecified atom stereocenters. The molecule has 0 atom stereocenters. The van der Waals surface area contributed by atoms with Gasteiger partial charge in [0.05, 0.1) is 23.8 Å². The number of ether oxygens (including phenoxy) is 1. The zero-order chi connectivity index (χ0) is 21.1. The molecule has 3 aromatic rings. The standard InChI is InChI=1S/C21H22N4O4S/c1-16-6-7-19(30(27,28)24-10-12-29-13-11-24)15-20(16)21(26)23-17-4-2-5-18(14-17)25-9-3-8-22-25/h2-9,14-15H,10-13H2,1H3,(H,23,26). The Bertz CT molecular complexity index is 1150. The predicted octanol–water partition coefficient (Wildman–Crippen LogP) is 2.45. The summed E-state index contributed by atoms with van der Waals surface area (Å²) in [7, 11) is -3.68. The summed E-state index contributed by atoms with van der Waals surface area (Å²) in [4.78, 5) is 13.0. The maximum atomic E-state index is 12.9. The van der Waals surface area contributed by atoms with E-state index in [0.717, 1.165) is 5.69 Å². The van der Waals surface area contributed by atoms with Gasteiger partial charge in [0.25, 0.3) is 5.91 Å². The molecular weight excluding hydrogens is 404 g/mol. The van der Waals surface area contributed by atoms with Crippen molar-refractivity contribution in [3.63, 3.8) is 0 Å². The monoisotopic (exact) mass is 426 g/mol. The highest BCUT2D eigenvalue weighted by Crippen LogP contribution is 2.22. The number of anilines is 1. The molecule has 0 aliphatic carbocycles. The number of morpholine rings is 1. The Balaban J connectivity index is 1.59. The van der Waals surface area contributed by atoms with E-state index in [-0.39, 0.29) is 10.8 Å². The van der Waals surface area contributed by atoms with Gasteiger partial charge in [-0.3, -0.25) is 4.79 Å². The molecule has 1 saturated heterocycles. The number of rotatable bonds is 5. The van der Waals surface area contributed by atoms with Crippen LogP contribution in [0, 0.1) is 6.92 Å². The van der Waals surface area contributed by atoms with Gasteiger partial charge in [-0.15, -0.1) is 0 Å². The zero-order valence-corrected chi connectivity index (χ0v) is 17.3. The number of hydrogen-bond acceptors (Lipinski definition) is 5. The average Bonchev–Trinajstić information content (AvgIpc) is 3.30. The van der Waals surface area contributed by atoms with Crippen LogP contribution >= 0.6 is 0 Å². The fourth-order valence-electron chi connectivity index (χ4n) is 3.29. The lowest BCUT2D eigenvalue weighted by Gasteiger charge is -2.26. The molecule has 0 spiro atoms. The van der Waals surface area contributed by atoms with Gasteiger partial charge in [0.15, 0.2) is 0 Å². The molecule has 1 aromatic heterocycles. The van der Waals surface area contributed by atoms with E-state index in [1.807, 2.05) is 24.4 Å². The van der Waals surface area contributed by atoms with E-state index in [9.17, 15) is 13.2 Å². The summed E-state index contributed by atoms with van der Waals surface area (Å²) in [5, 5.41) is 7.04. The van der Waals surface area contributed by atoms with Crippen LogP contribution in [-0.4, -0.2) is 54.7 Å². The predicted molar refractivity (Wildman–Crippen MR) is 112 cm³/mol. The summed E-state index contributed by atoms with van der Waals surface area (Å²) < 4.78 is 34.2. The molecule has 1 aliphatic rings. The van der Waals surface area contributed by atoms with Crippen molar-refractivity contribution in [2.45, 2.75) is 11.8 Å². The van der Waals surface area contributed by atoms with E-state index in [1.165, 1.54) is 16.4 Å². The molecule has 0 bridgehead atoms. The molecule has 2 heterocycles. The highest BCUT2D eigenvalue weighted by Gasteiger charge is 2.27. The van der Waals surface area contributed by atoms with Gasteiger partial charge in [0.2, 0.25) is 10.0 Å². The van der Waals surface area contributed by atoms with Crippen LogP contribution in [0.1, 0.15) is 15.9 Å². The minimum Gasteiger partial charge on any atom is -0.379 e. The van der Waals surface area contributed by atoms with Crippen LogP contribution in [0.3, 0.4) is 0 Å². The summed E-state index contributed by atoms with van der Waals surface area (Å²) in [6.45, 7) is 3.12. The van der Waals surface area contributed by atoms with E-state index in [0.29, 0.717) is 43.1 Å². The first-order chi connectivity index (χ1) is 14.4. The second-order valence-corrected chi connectivity index (χ2v) is 8.89. The number of carbonyl (C=O) groups is 1. The van der Waals surface area contributed by atoms with Gasteiger partial charge in [-0.1, -0.05) is 12.1 Å². The first-order valence-corrected chi connectivity index (χ1v) is 11.0. The Kier molecular flexibility index (Phi) is 5.67. The SMILES string of the molecule is Cc1ccc(S(=O)(=O)N2CCOCC2)cc1C(=O)Nc1cccc(-n2cccn2)c1. The number of hydrogen-bond donors (Lipinski definition) is 1. The molecule has 0 saturated carbocycles. The van der Waals surface area contributed by atoms with Crippen molar-refractivity contribution in [2.75, 3.05) is 31.6 Å². The van der Waals surface area contributed by atoms with Crippen LogP contribution in [-0.2, 0) is 14.8 Å². The van der Waals surface area contributed by atoms with Crippen molar-refractivity contribution in [3.05, 3.63) is 72.1 Å². The summed E-state index contributed by atoms with van der Waals surface area (Å²) in [6.07, 6.45) is 3.49. The van der Waals surface area contributed by atoms with Gasteiger partial charge in [-0.25, -0.2) is 13.1 Å². The maximum absolute atomic E-state index is 12.9. The number of benzene rings is 2. The highest BCUT2D eigenvalue weighted by atomic mass is 32.2. The van der Waals surface area contributed by atoms with E-state index >= 15 is 0 Å². The molecule has 1 aliphatic heterocycles. The molecular formula is C21H22N4O4S. The van der Waals surface area contributed by atoms with Gasteiger partial charge >= 0.3 is 0 Å². The van der Waals surface area contributed by atoms with Gasteiger partial charge in [0.1, 0.15) is 0 Å². The zero-order valence-electron chi connectivity index (χ0n) is 16.5. The Hall–Kier alpha value is -3.01. The van der Waals surface area contributed by atoms with Gasteiger partial charge < -0.3 is 10.1 Å². The summed E-state index contributed by atoms with van der Waals surface area (Å²) in [5.74, 6) is -0.371. The number of nitrogens with zero attached hydrogens (tertiary/aromatic N) is 3. The molecule has 30 heavy (non-hydrogen) atoms. The van der Waals surface area contributed by atoms with Crippen molar-refractivity contribution < 1.29 is 17.9 Å². The summed E-state index contributed by atoms with van der Waals surface area (Å²) in [6, 6.07) is 13.7. The Morgan fingerprint density at radius 3 is 2.63 bits per heavy atom. The van der Waals surface area contributed by atoms with Crippen LogP contribution in [0.4, 0.5) is 5.69 Å². The van der Waals surface area contributed by atoms with E-state index < -0.39 is 10.0 Å². The van der Waals surface area contributed by atoms with Gasteiger partial charge in [-0.2, -0.15) is 9.40 Å². The number of aromatic nitrogens is 2. The molecule has 4 rings (SSSR count). The molecule has 0 radical (unpaired) electrons. The van der Waals surface area contributed by atoms with Crippen molar-refractivity contribution in [1.29, 1.82) is 0 Å². The van der Waals surface area contributed by atoms with Crippen LogP contribution in [0.2, 0.25) is 0 Å². The van der Waals surface area contributed by atoms with Gasteiger partial charge in [-0.05, 0) is 48.9 Å². The van der Waals surface area contributed by atoms with Crippen LogP contribution < -0.4 is 5.32 Å². The van der Waals surface area contributed by atoms with E-state index in [1.54, 1.807) is 36.0 Å². The largest absolute Gasteiger partial charge is 0.379 e. The number of sulfonamides is 1. The van der Waals surface area contributed by atoms with Crippen LogP contribution in [0.25, 0.3) is 5.69 Å². The molecule has 2 aromatic carbocycles. The quantitative estimate of drug-likeness (QED) is 0.676. The third-order valence-electron chi connectivity index (χ3n) is 4.93. The minimum absolute atomic E-state index is 0.102. The Morgan fingerprint density at radius 2 is 1.90 bits per heavy atom. The van der Waals surface area contributed by atoms with Crippen molar-refractivity contribution in [3.8, 4) is 5.69 Å². The molecule has 9 heteroatoms. The normalized spacial score (nSPS) is 15.1. The van der Waals surface area contributed by atoms with Crippen LogP contribution in [0.5, 0.6) is 0 Å². The average molecular weight is 426 g/mol. The topological polar surface area (TPSA) is 93.5 Å². The lowest BCUT2D eigenvalue weighted by molar-refractivity contribution is 0.0730.